The number of nitrogens with zero attached hydrogens (tertiary/aromatic N) is 1. The second kappa shape index (κ2) is 9.74. The van der Waals surface area contributed by atoms with Crippen molar-refractivity contribution in [3.8, 4) is 0 Å². The van der Waals surface area contributed by atoms with Gasteiger partial charge in [0, 0.05) is 19.0 Å². The summed E-state index contributed by atoms with van der Waals surface area (Å²) in [5.74, 6) is 0.0808. The Morgan fingerprint density at radius 2 is 1.94 bits per heavy atom. The van der Waals surface area contributed by atoms with E-state index in [4.69, 9.17) is 5.73 Å². The molecular weight excluding hydrogens is 416 g/mol. The van der Waals surface area contributed by atoms with E-state index in [2.05, 4.69) is 64.8 Å². The van der Waals surface area contributed by atoms with Crippen molar-refractivity contribution in [2.45, 2.75) is 77.2 Å². The topological polar surface area (TPSA) is 66.6 Å². The van der Waals surface area contributed by atoms with Gasteiger partial charge in [0.25, 0.3) is 0 Å². The molecule has 1 heterocycles. The van der Waals surface area contributed by atoms with Gasteiger partial charge in [0.2, 0.25) is 5.91 Å². The van der Waals surface area contributed by atoms with E-state index in [9.17, 15) is 9.90 Å². The van der Waals surface area contributed by atoms with E-state index in [0.29, 0.717) is 13.1 Å². The first-order valence-corrected chi connectivity index (χ1v) is 12.7. The van der Waals surface area contributed by atoms with E-state index in [1.807, 2.05) is 0 Å². The number of carbonyl (C=O) groups excluding carboxylic acids is 1. The van der Waals surface area contributed by atoms with Gasteiger partial charge in [-0.3, -0.25) is 4.79 Å². The van der Waals surface area contributed by atoms with Crippen LogP contribution in [-0.4, -0.2) is 41.7 Å². The lowest BCUT2D eigenvalue weighted by Crippen LogP contribution is -2.49. The molecule has 0 saturated carbocycles. The second-order valence-corrected chi connectivity index (χ2v) is 11.8. The molecular formula is C27H40N2O2S. The van der Waals surface area contributed by atoms with E-state index >= 15 is 0 Å². The van der Waals surface area contributed by atoms with Gasteiger partial charge in [-0.1, -0.05) is 52.5 Å². The van der Waals surface area contributed by atoms with Crippen LogP contribution in [0.3, 0.4) is 0 Å². The fourth-order valence-corrected chi connectivity index (χ4v) is 5.76. The summed E-state index contributed by atoms with van der Waals surface area (Å²) in [6.07, 6.45) is 4.40. The van der Waals surface area contributed by atoms with Crippen LogP contribution in [0.25, 0.3) is 5.57 Å². The molecule has 3 rings (SSSR count). The predicted molar refractivity (Wildman–Crippen MR) is 136 cm³/mol. The first kappa shape index (κ1) is 25.1. The van der Waals surface area contributed by atoms with E-state index in [1.54, 1.807) is 16.7 Å². The number of allylic oxidation sites excluding steroid dienone is 1. The van der Waals surface area contributed by atoms with Crippen LogP contribution in [0.4, 0.5) is 0 Å². The summed E-state index contributed by atoms with van der Waals surface area (Å²) in [6, 6.07) is 6.16. The van der Waals surface area contributed by atoms with E-state index in [0.717, 1.165) is 17.7 Å². The Labute approximate surface area is 198 Å². The highest BCUT2D eigenvalue weighted by molar-refractivity contribution is 8.06. The molecule has 3 N–H and O–H groups in total. The smallest absolute Gasteiger partial charge is 0.241 e. The summed E-state index contributed by atoms with van der Waals surface area (Å²) < 4.78 is 0. The average Bonchev–Trinajstić information content (AvgIpc) is 2.79. The number of amides is 1. The number of rotatable bonds is 6. The fourth-order valence-electron chi connectivity index (χ4n) is 4.92. The van der Waals surface area contributed by atoms with Crippen LogP contribution in [0.15, 0.2) is 35.1 Å². The van der Waals surface area contributed by atoms with Gasteiger partial charge in [-0.05, 0) is 76.0 Å². The number of thioether (sulfide) groups is 1. The minimum atomic E-state index is -0.824. The number of likely N-dealkylation sites (tertiary alicyclic amines) is 1. The van der Waals surface area contributed by atoms with Crippen LogP contribution in [-0.2, 0) is 15.6 Å². The molecule has 5 heteroatoms. The van der Waals surface area contributed by atoms with Crippen molar-refractivity contribution >= 4 is 23.2 Å². The molecule has 1 aromatic rings. The molecule has 1 amide bonds. The molecule has 2 aliphatic rings. The maximum Gasteiger partial charge on any atom is 0.241 e. The van der Waals surface area contributed by atoms with Crippen LogP contribution >= 0.6 is 11.8 Å². The quantitative estimate of drug-likeness (QED) is 0.617. The molecule has 2 atom stereocenters. The first-order valence-electron chi connectivity index (χ1n) is 11.8. The second-order valence-electron chi connectivity index (χ2n) is 10.8. The van der Waals surface area contributed by atoms with Gasteiger partial charge in [0.15, 0.2) is 0 Å². The number of hydrogen-bond donors (Lipinski definition) is 2. The summed E-state index contributed by atoms with van der Waals surface area (Å²) in [5.41, 5.74) is 11.6. The van der Waals surface area contributed by atoms with Crippen LogP contribution in [0.5, 0.6) is 0 Å². The van der Waals surface area contributed by atoms with Crippen LogP contribution in [0.1, 0.15) is 77.0 Å². The van der Waals surface area contributed by atoms with Crippen molar-refractivity contribution in [1.82, 2.24) is 4.90 Å². The van der Waals surface area contributed by atoms with Gasteiger partial charge in [0.05, 0.1) is 6.61 Å². The molecule has 0 bridgehead atoms. The molecule has 1 saturated heterocycles. The summed E-state index contributed by atoms with van der Waals surface area (Å²) >= 11 is 1.68. The molecule has 0 aromatic heterocycles. The minimum Gasteiger partial charge on any atom is -0.394 e. The molecule has 176 valence electrons. The zero-order valence-corrected chi connectivity index (χ0v) is 21.2. The number of fused-ring (bicyclic) bond motifs is 1. The van der Waals surface area contributed by atoms with Gasteiger partial charge in [-0.25, -0.2) is 0 Å². The third kappa shape index (κ3) is 5.32. The van der Waals surface area contributed by atoms with Crippen LogP contribution in [0, 0.1) is 5.92 Å². The zero-order valence-electron chi connectivity index (χ0n) is 20.4. The SMILES string of the molecule is C=C(S/C=C(\C)c1ccc2c(c1)C(C)(C)CCC2(C)C)C1CCCN(C(=O)[C@@H](N)CO)C1. The maximum atomic E-state index is 12.4. The Hall–Kier alpha value is -1.56. The number of nitrogens with two attached hydrogens (primary N) is 1. The van der Waals surface area contributed by atoms with Gasteiger partial charge in [-0.2, -0.15) is 0 Å². The summed E-state index contributed by atoms with van der Waals surface area (Å²) in [5, 5.41) is 11.4. The number of aliphatic hydroxyl groups excluding tert-OH is 1. The molecule has 1 unspecified atom stereocenters. The van der Waals surface area contributed by atoms with Gasteiger partial charge < -0.3 is 15.7 Å². The Kier molecular flexibility index (Phi) is 7.63. The summed E-state index contributed by atoms with van der Waals surface area (Å²) in [4.78, 5) is 15.2. The molecule has 0 spiro atoms. The molecule has 0 radical (unpaired) electrons. The molecule has 4 nitrogen and oxygen atoms in total. The van der Waals surface area contributed by atoms with Crippen molar-refractivity contribution < 1.29 is 9.90 Å². The Morgan fingerprint density at radius 1 is 1.28 bits per heavy atom. The maximum absolute atomic E-state index is 12.4. The Morgan fingerprint density at radius 3 is 2.59 bits per heavy atom. The molecule has 1 aliphatic heterocycles. The van der Waals surface area contributed by atoms with Crippen molar-refractivity contribution in [3.05, 3.63) is 51.8 Å². The van der Waals surface area contributed by atoms with Crippen molar-refractivity contribution in [1.29, 1.82) is 0 Å². The third-order valence-corrected chi connectivity index (χ3v) is 8.51. The largest absolute Gasteiger partial charge is 0.394 e. The van der Waals surface area contributed by atoms with Gasteiger partial charge in [0.1, 0.15) is 6.04 Å². The fraction of sp³-hybridized carbons (Fsp3) is 0.593. The highest BCUT2D eigenvalue weighted by atomic mass is 32.2. The Bertz CT molecular complexity index is 903. The number of aliphatic hydroxyl groups is 1. The lowest BCUT2D eigenvalue weighted by Gasteiger charge is -2.42. The summed E-state index contributed by atoms with van der Waals surface area (Å²) in [7, 11) is 0. The predicted octanol–water partition coefficient (Wildman–Crippen LogP) is 5.20. The van der Waals surface area contributed by atoms with E-state index < -0.39 is 6.04 Å². The van der Waals surface area contributed by atoms with Crippen molar-refractivity contribution in [2.75, 3.05) is 19.7 Å². The standard InChI is InChI=1S/C27H40N2O2S/c1-18(20-9-10-22-23(14-20)27(5,6)12-11-26(22,3)4)17-32-19(2)21-8-7-13-29(15-21)25(31)24(28)16-30/h9-10,14,17,21,24,30H,2,7-8,11-13,15-16,28H2,1,3-6H3/b18-17+/t21?,24-/m0/s1. The molecule has 1 fully saturated rings. The lowest BCUT2D eigenvalue weighted by atomic mass is 9.63. The number of piperidine rings is 1. The van der Waals surface area contributed by atoms with E-state index in [-0.39, 0.29) is 29.3 Å². The lowest BCUT2D eigenvalue weighted by molar-refractivity contribution is -0.134. The van der Waals surface area contributed by atoms with Gasteiger partial charge in [-0.15, -0.1) is 11.8 Å². The zero-order chi connectivity index (χ0) is 23.7. The molecule has 1 aliphatic carbocycles. The monoisotopic (exact) mass is 456 g/mol. The van der Waals surface area contributed by atoms with Crippen LogP contribution < -0.4 is 5.73 Å². The van der Waals surface area contributed by atoms with Crippen LogP contribution in [0.2, 0.25) is 0 Å². The number of hydrogen-bond acceptors (Lipinski definition) is 4. The average molecular weight is 457 g/mol. The Balaban J connectivity index is 1.71. The molecule has 1 aromatic carbocycles. The van der Waals surface area contributed by atoms with Crippen molar-refractivity contribution in [2.24, 2.45) is 11.7 Å². The minimum absolute atomic E-state index is 0.165. The van der Waals surface area contributed by atoms with E-state index in [1.165, 1.54) is 35.1 Å². The highest BCUT2D eigenvalue weighted by Gasteiger charge is 2.37. The summed E-state index contributed by atoms with van der Waals surface area (Å²) in [6.45, 7) is 16.9. The normalized spacial score (nSPS) is 23.4. The third-order valence-electron chi connectivity index (χ3n) is 7.40. The number of carbonyl (C=O) groups is 1. The number of benzene rings is 1. The molecule has 32 heavy (non-hydrogen) atoms. The van der Waals surface area contributed by atoms with Crippen molar-refractivity contribution in [3.63, 3.8) is 0 Å². The highest BCUT2D eigenvalue weighted by Crippen LogP contribution is 2.46. The van der Waals surface area contributed by atoms with Gasteiger partial charge >= 0.3 is 0 Å². The first-order chi connectivity index (χ1) is 15.0.